The smallest absolute Gasteiger partial charge is 0.313 e. The second-order valence-corrected chi connectivity index (χ2v) is 6.27. The molecule has 0 heterocycles. The molecule has 0 saturated heterocycles. The lowest BCUT2D eigenvalue weighted by Crippen LogP contribution is -2.38. The van der Waals surface area contributed by atoms with Crippen molar-refractivity contribution in [2.24, 2.45) is 5.41 Å². The number of aliphatic hydroxyl groups is 1. The molecule has 1 aromatic rings. The molecule has 116 valence electrons. The van der Waals surface area contributed by atoms with E-state index in [1.165, 1.54) is 0 Å². The summed E-state index contributed by atoms with van der Waals surface area (Å²) < 4.78 is 0. The number of hydrogen-bond acceptors (Lipinski definition) is 3. The van der Waals surface area contributed by atoms with Crippen molar-refractivity contribution in [2.45, 2.75) is 33.3 Å². The van der Waals surface area contributed by atoms with Gasteiger partial charge in [-0.05, 0) is 24.0 Å². The van der Waals surface area contributed by atoms with Crippen molar-refractivity contribution < 1.29 is 14.7 Å². The topological polar surface area (TPSA) is 78.4 Å². The standard InChI is InChI=1S/C15H21ClN2O3/c1-15(2,3)12(19)8-9-17-13(20)14(21)18-11-7-5-4-6-10(11)16/h4-7,12,19H,8-9H2,1-3H3,(H,17,20)(H,18,21). The summed E-state index contributed by atoms with van der Waals surface area (Å²) in [6.07, 6.45) is -0.168. The van der Waals surface area contributed by atoms with Crippen LogP contribution in [0.25, 0.3) is 0 Å². The fourth-order valence-corrected chi connectivity index (χ4v) is 1.76. The van der Waals surface area contributed by atoms with Crippen LogP contribution in [0.15, 0.2) is 24.3 Å². The molecule has 5 nitrogen and oxygen atoms in total. The molecule has 0 fully saturated rings. The van der Waals surface area contributed by atoms with Crippen molar-refractivity contribution in [2.75, 3.05) is 11.9 Å². The highest BCUT2D eigenvalue weighted by molar-refractivity contribution is 6.41. The van der Waals surface area contributed by atoms with Crippen LogP contribution in [0.1, 0.15) is 27.2 Å². The first-order valence-corrected chi connectivity index (χ1v) is 7.11. The number of carbonyl (C=O) groups excluding carboxylic acids is 2. The molecule has 21 heavy (non-hydrogen) atoms. The summed E-state index contributed by atoms with van der Waals surface area (Å²) in [6, 6.07) is 6.66. The Morgan fingerprint density at radius 1 is 1.24 bits per heavy atom. The van der Waals surface area contributed by atoms with Crippen molar-refractivity contribution in [3.05, 3.63) is 29.3 Å². The molecule has 0 aliphatic carbocycles. The number of para-hydroxylation sites is 1. The van der Waals surface area contributed by atoms with Gasteiger partial charge in [0.25, 0.3) is 0 Å². The highest BCUT2D eigenvalue weighted by Gasteiger charge is 2.22. The molecule has 0 aromatic heterocycles. The first-order valence-electron chi connectivity index (χ1n) is 6.73. The first-order chi connectivity index (χ1) is 9.71. The molecule has 1 unspecified atom stereocenters. The van der Waals surface area contributed by atoms with Crippen molar-refractivity contribution in [1.29, 1.82) is 0 Å². The van der Waals surface area contributed by atoms with Gasteiger partial charge < -0.3 is 15.7 Å². The van der Waals surface area contributed by atoms with E-state index in [-0.39, 0.29) is 12.0 Å². The van der Waals surface area contributed by atoms with E-state index in [4.69, 9.17) is 11.6 Å². The van der Waals surface area contributed by atoms with Gasteiger partial charge in [-0.25, -0.2) is 0 Å². The van der Waals surface area contributed by atoms with E-state index in [1.807, 2.05) is 20.8 Å². The maximum Gasteiger partial charge on any atom is 0.313 e. The van der Waals surface area contributed by atoms with Gasteiger partial charge in [0.05, 0.1) is 16.8 Å². The second-order valence-electron chi connectivity index (χ2n) is 5.86. The third-order valence-corrected chi connectivity index (χ3v) is 3.36. The fourth-order valence-electron chi connectivity index (χ4n) is 1.58. The van der Waals surface area contributed by atoms with Gasteiger partial charge in [0.2, 0.25) is 0 Å². The van der Waals surface area contributed by atoms with Gasteiger partial charge in [0.15, 0.2) is 0 Å². The minimum Gasteiger partial charge on any atom is -0.393 e. The zero-order valence-electron chi connectivity index (χ0n) is 12.4. The predicted octanol–water partition coefficient (Wildman–Crippen LogP) is 2.19. The number of anilines is 1. The van der Waals surface area contributed by atoms with E-state index in [0.717, 1.165) is 0 Å². The first kappa shape index (κ1) is 17.5. The Morgan fingerprint density at radius 3 is 2.43 bits per heavy atom. The molecule has 0 aliphatic rings. The van der Waals surface area contributed by atoms with Gasteiger partial charge in [-0.1, -0.05) is 44.5 Å². The maximum atomic E-state index is 11.7. The Hall–Kier alpha value is -1.59. The Labute approximate surface area is 129 Å². The minimum atomic E-state index is -0.784. The number of hydrogen-bond donors (Lipinski definition) is 3. The Bertz CT molecular complexity index is 512. The van der Waals surface area contributed by atoms with E-state index in [0.29, 0.717) is 17.1 Å². The normalized spacial score (nSPS) is 12.6. The third kappa shape index (κ3) is 5.73. The largest absolute Gasteiger partial charge is 0.393 e. The lowest BCUT2D eigenvalue weighted by molar-refractivity contribution is -0.136. The number of carbonyl (C=O) groups is 2. The van der Waals surface area contributed by atoms with Crippen LogP contribution < -0.4 is 10.6 Å². The summed E-state index contributed by atoms with van der Waals surface area (Å²) >= 11 is 5.89. The molecule has 1 aromatic carbocycles. The number of benzene rings is 1. The van der Waals surface area contributed by atoms with Crippen LogP contribution in [0.5, 0.6) is 0 Å². The number of aliphatic hydroxyl groups excluding tert-OH is 1. The second kappa shape index (κ2) is 7.43. The summed E-state index contributed by atoms with van der Waals surface area (Å²) in [5, 5.41) is 15.1. The minimum absolute atomic E-state index is 0.229. The molecule has 0 saturated carbocycles. The van der Waals surface area contributed by atoms with Gasteiger partial charge in [0.1, 0.15) is 0 Å². The van der Waals surface area contributed by atoms with Crippen molar-refractivity contribution in [3.63, 3.8) is 0 Å². The third-order valence-electron chi connectivity index (χ3n) is 3.03. The predicted molar refractivity (Wildman–Crippen MR) is 83.2 cm³/mol. The van der Waals surface area contributed by atoms with E-state index >= 15 is 0 Å². The molecule has 2 amide bonds. The van der Waals surface area contributed by atoms with E-state index < -0.39 is 17.9 Å². The summed E-state index contributed by atoms with van der Waals surface area (Å²) in [6.45, 7) is 5.95. The monoisotopic (exact) mass is 312 g/mol. The molecular formula is C15H21ClN2O3. The molecule has 0 aliphatic heterocycles. The van der Waals surface area contributed by atoms with Gasteiger partial charge in [0, 0.05) is 6.54 Å². The van der Waals surface area contributed by atoms with Crippen molar-refractivity contribution >= 4 is 29.1 Å². The summed E-state index contributed by atoms with van der Waals surface area (Å²) in [5.74, 6) is -1.54. The SMILES string of the molecule is CC(C)(C)C(O)CCNC(=O)C(=O)Nc1ccccc1Cl. The summed E-state index contributed by atoms with van der Waals surface area (Å²) in [7, 11) is 0. The molecule has 0 bridgehead atoms. The Balaban J connectivity index is 2.42. The average Bonchev–Trinajstić information content (AvgIpc) is 2.39. The van der Waals surface area contributed by atoms with Gasteiger partial charge >= 0.3 is 11.8 Å². The van der Waals surface area contributed by atoms with E-state index in [1.54, 1.807) is 24.3 Å². The zero-order chi connectivity index (χ0) is 16.0. The van der Waals surface area contributed by atoms with Crippen LogP contribution in [0.3, 0.4) is 0 Å². The van der Waals surface area contributed by atoms with Gasteiger partial charge in [-0.2, -0.15) is 0 Å². The molecule has 6 heteroatoms. The number of halogens is 1. The summed E-state index contributed by atoms with van der Waals surface area (Å²) in [4.78, 5) is 23.3. The maximum absolute atomic E-state index is 11.7. The van der Waals surface area contributed by atoms with Crippen LogP contribution >= 0.6 is 11.6 Å². The quantitative estimate of drug-likeness (QED) is 0.746. The number of nitrogens with one attached hydrogen (secondary N) is 2. The molecule has 3 N–H and O–H groups in total. The Morgan fingerprint density at radius 2 is 1.86 bits per heavy atom. The lowest BCUT2D eigenvalue weighted by Gasteiger charge is -2.25. The average molecular weight is 313 g/mol. The lowest BCUT2D eigenvalue weighted by atomic mass is 9.87. The summed E-state index contributed by atoms with van der Waals surface area (Å²) in [5.41, 5.74) is 0.124. The van der Waals surface area contributed by atoms with Crippen molar-refractivity contribution in [3.8, 4) is 0 Å². The van der Waals surface area contributed by atoms with Crippen LogP contribution in [-0.4, -0.2) is 29.6 Å². The zero-order valence-corrected chi connectivity index (χ0v) is 13.2. The van der Waals surface area contributed by atoms with Crippen LogP contribution in [0.2, 0.25) is 5.02 Å². The number of rotatable bonds is 4. The van der Waals surface area contributed by atoms with Crippen LogP contribution in [-0.2, 0) is 9.59 Å². The van der Waals surface area contributed by atoms with Crippen LogP contribution in [0, 0.1) is 5.41 Å². The fraction of sp³-hybridized carbons (Fsp3) is 0.467. The number of amides is 2. The van der Waals surface area contributed by atoms with Gasteiger partial charge in [-0.15, -0.1) is 0 Å². The molecule has 0 spiro atoms. The molecule has 1 rings (SSSR count). The van der Waals surface area contributed by atoms with Crippen molar-refractivity contribution in [1.82, 2.24) is 5.32 Å². The van der Waals surface area contributed by atoms with Crippen LogP contribution in [0.4, 0.5) is 5.69 Å². The van der Waals surface area contributed by atoms with Gasteiger partial charge in [-0.3, -0.25) is 9.59 Å². The Kier molecular flexibility index (Phi) is 6.18. The highest BCUT2D eigenvalue weighted by atomic mass is 35.5. The highest BCUT2D eigenvalue weighted by Crippen LogP contribution is 2.21. The van der Waals surface area contributed by atoms with E-state index in [2.05, 4.69) is 10.6 Å². The molecule has 0 radical (unpaired) electrons. The van der Waals surface area contributed by atoms with E-state index in [9.17, 15) is 14.7 Å². The molecule has 1 atom stereocenters. The molecular weight excluding hydrogens is 292 g/mol.